The van der Waals surface area contributed by atoms with Crippen LogP contribution < -0.4 is 10.1 Å². The second kappa shape index (κ2) is 5.22. The first-order valence-corrected chi connectivity index (χ1v) is 7.14. The van der Waals surface area contributed by atoms with Crippen molar-refractivity contribution in [2.24, 2.45) is 0 Å². The van der Waals surface area contributed by atoms with Gasteiger partial charge in [0.15, 0.2) is 0 Å². The summed E-state index contributed by atoms with van der Waals surface area (Å²) in [6.07, 6.45) is 4.75. The molecule has 0 bridgehead atoms. The molecule has 0 amide bonds. The van der Waals surface area contributed by atoms with Crippen LogP contribution in [-0.2, 0) is 0 Å². The SMILES string of the molecule is CNCCC1(Oc2ccc3ccccc3c2)CCC1. The molecule has 19 heavy (non-hydrogen) atoms. The van der Waals surface area contributed by atoms with Crippen molar-refractivity contribution in [2.75, 3.05) is 13.6 Å². The monoisotopic (exact) mass is 255 g/mol. The van der Waals surface area contributed by atoms with Crippen molar-refractivity contribution in [1.29, 1.82) is 0 Å². The number of rotatable bonds is 5. The van der Waals surface area contributed by atoms with E-state index in [4.69, 9.17) is 4.74 Å². The van der Waals surface area contributed by atoms with E-state index in [1.807, 2.05) is 7.05 Å². The van der Waals surface area contributed by atoms with Gasteiger partial charge in [0.1, 0.15) is 11.4 Å². The number of benzene rings is 2. The van der Waals surface area contributed by atoms with Crippen molar-refractivity contribution < 1.29 is 4.74 Å². The Morgan fingerprint density at radius 1 is 1.11 bits per heavy atom. The lowest BCUT2D eigenvalue weighted by molar-refractivity contribution is -0.0137. The summed E-state index contributed by atoms with van der Waals surface area (Å²) in [4.78, 5) is 0. The average molecular weight is 255 g/mol. The first-order chi connectivity index (χ1) is 9.31. The molecule has 1 aliphatic carbocycles. The first-order valence-electron chi connectivity index (χ1n) is 7.14. The zero-order valence-electron chi connectivity index (χ0n) is 11.5. The van der Waals surface area contributed by atoms with E-state index in [0.29, 0.717) is 0 Å². The van der Waals surface area contributed by atoms with Crippen LogP contribution in [0.5, 0.6) is 5.75 Å². The third-order valence-electron chi connectivity index (χ3n) is 4.15. The van der Waals surface area contributed by atoms with Gasteiger partial charge in [-0.15, -0.1) is 0 Å². The minimum absolute atomic E-state index is 0.0749. The largest absolute Gasteiger partial charge is 0.487 e. The van der Waals surface area contributed by atoms with Gasteiger partial charge in [0.2, 0.25) is 0 Å². The Balaban J connectivity index is 1.80. The molecular weight excluding hydrogens is 234 g/mol. The molecule has 1 fully saturated rings. The van der Waals surface area contributed by atoms with Crippen LogP contribution in [0.3, 0.4) is 0 Å². The third-order valence-corrected chi connectivity index (χ3v) is 4.15. The Labute approximate surface area is 114 Å². The van der Waals surface area contributed by atoms with Crippen LogP contribution in [0.15, 0.2) is 42.5 Å². The molecular formula is C17H21NO. The molecule has 100 valence electrons. The van der Waals surface area contributed by atoms with Crippen LogP contribution in [0.4, 0.5) is 0 Å². The highest BCUT2D eigenvalue weighted by Gasteiger charge is 2.38. The molecule has 0 saturated heterocycles. The lowest BCUT2D eigenvalue weighted by Gasteiger charge is -2.42. The van der Waals surface area contributed by atoms with Gasteiger partial charge in [-0.2, -0.15) is 0 Å². The van der Waals surface area contributed by atoms with Gasteiger partial charge in [-0.3, -0.25) is 0 Å². The van der Waals surface area contributed by atoms with Crippen molar-refractivity contribution in [3.05, 3.63) is 42.5 Å². The number of hydrogen-bond acceptors (Lipinski definition) is 2. The first kappa shape index (κ1) is 12.5. The summed E-state index contributed by atoms with van der Waals surface area (Å²) in [5.41, 5.74) is 0.0749. The Bertz CT molecular complexity index is 560. The fourth-order valence-electron chi connectivity index (χ4n) is 2.81. The van der Waals surface area contributed by atoms with Crippen molar-refractivity contribution in [2.45, 2.75) is 31.3 Å². The molecule has 2 aromatic carbocycles. The van der Waals surface area contributed by atoms with Gasteiger partial charge in [0.05, 0.1) is 0 Å². The van der Waals surface area contributed by atoms with Crippen LogP contribution in [0.1, 0.15) is 25.7 Å². The summed E-state index contributed by atoms with van der Waals surface area (Å²) < 4.78 is 6.31. The molecule has 1 N–H and O–H groups in total. The normalized spacial score (nSPS) is 17.1. The second-order valence-electron chi connectivity index (χ2n) is 5.50. The van der Waals surface area contributed by atoms with E-state index in [1.54, 1.807) is 0 Å². The topological polar surface area (TPSA) is 21.3 Å². The molecule has 1 aliphatic rings. The summed E-state index contributed by atoms with van der Waals surface area (Å²) >= 11 is 0. The van der Waals surface area contributed by atoms with Gasteiger partial charge in [-0.1, -0.05) is 30.3 Å². The molecule has 0 aliphatic heterocycles. The van der Waals surface area contributed by atoms with Crippen LogP contribution in [0.25, 0.3) is 10.8 Å². The quantitative estimate of drug-likeness (QED) is 0.878. The Kier molecular flexibility index (Phi) is 3.43. The van der Waals surface area contributed by atoms with Gasteiger partial charge in [0, 0.05) is 0 Å². The lowest BCUT2D eigenvalue weighted by Crippen LogP contribution is -2.45. The molecule has 0 spiro atoms. The van der Waals surface area contributed by atoms with E-state index in [1.165, 1.54) is 30.0 Å². The number of ether oxygens (including phenoxy) is 1. The Morgan fingerprint density at radius 2 is 1.89 bits per heavy atom. The maximum absolute atomic E-state index is 6.31. The van der Waals surface area contributed by atoms with Gasteiger partial charge in [0.25, 0.3) is 0 Å². The molecule has 0 unspecified atom stereocenters. The lowest BCUT2D eigenvalue weighted by atomic mass is 9.77. The minimum atomic E-state index is 0.0749. The van der Waals surface area contributed by atoms with E-state index in [-0.39, 0.29) is 5.60 Å². The summed E-state index contributed by atoms with van der Waals surface area (Å²) in [7, 11) is 2.00. The molecule has 0 radical (unpaired) electrons. The summed E-state index contributed by atoms with van der Waals surface area (Å²) in [6.45, 7) is 1.02. The fraction of sp³-hybridized carbons (Fsp3) is 0.412. The summed E-state index contributed by atoms with van der Waals surface area (Å²) in [5, 5.41) is 5.75. The average Bonchev–Trinajstić information content (AvgIpc) is 2.41. The van der Waals surface area contributed by atoms with Crippen LogP contribution in [0, 0.1) is 0 Å². The predicted molar refractivity (Wildman–Crippen MR) is 79.7 cm³/mol. The molecule has 2 heteroatoms. The van der Waals surface area contributed by atoms with Crippen molar-refractivity contribution >= 4 is 10.8 Å². The van der Waals surface area contributed by atoms with Gasteiger partial charge >= 0.3 is 0 Å². The molecule has 0 atom stereocenters. The van der Waals surface area contributed by atoms with Crippen molar-refractivity contribution in [3.8, 4) is 5.75 Å². The fourth-order valence-corrected chi connectivity index (χ4v) is 2.81. The van der Waals surface area contributed by atoms with E-state index < -0.39 is 0 Å². The Morgan fingerprint density at radius 3 is 2.58 bits per heavy atom. The van der Waals surface area contributed by atoms with Gasteiger partial charge < -0.3 is 10.1 Å². The van der Waals surface area contributed by atoms with Crippen molar-refractivity contribution in [3.63, 3.8) is 0 Å². The zero-order valence-corrected chi connectivity index (χ0v) is 11.5. The standard InChI is InChI=1S/C17H21NO/c1-18-12-11-17(9-4-10-17)19-16-8-7-14-5-2-3-6-15(14)13-16/h2-3,5-8,13,18H,4,9-12H2,1H3. The maximum atomic E-state index is 6.31. The molecule has 0 heterocycles. The highest BCUT2D eigenvalue weighted by molar-refractivity contribution is 5.83. The van der Waals surface area contributed by atoms with Crippen LogP contribution in [0.2, 0.25) is 0 Å². The molecule has 2 nitrogen and oxygen atoms in total. The van der Waals surface area contributed by atoms with Gasteiger partial charge in [-0.05, 0) is 62.2 Å². The second-order valence-corrected chi connectivity index (χ2v) is 5.50. The Hall–Kier alpha value is -1.54. The number of hydrogen-bond donors (Lipinski definition) is 1. The molecule has 3 rings (SSSR count). The van der Waals surface area contributed by atoms with E-state index in [2.05, 4.69) is 47.8 Å². The maximum Gasteiger partial charge on any atom is 0.120 e. The number of fused-ring (bicyclic) bond motifs is 1. The van der Waals surface area contributed by atoms with Gasteiger partial charge in [-0.25, -0.2) is 0 Å². The third kappa shape index (κ3) is 2.59. The smallest absolute Gasteiger partial charge is 0.120 e. The highest BCUT2D eigenvalue weighted by Crippen LogP contribution is 2.39. The van der Waals surface area contributed by atoms with E-state index >= 15 is 0 Å². The zero-order chi connectivity index (χ0) is 13.1. The predicted octanol–water partition coefficient (Wildman–Crippen LogP) is 3.75. The van der Waals surface area contributed by atoms with Crippen molar-refractivity contribution in [1.82, 2.24) is 5.32 Å². The molecule has 1 saturated carbocycles. The molecule has 0 aromatic heterocycles. The minimum Gasteiger partial charge on any atom is -0.487 e. The highest BCUT2D eigenvalue weighted by atomic mass is 16.5. The van der Waals surface area contributed by atoms with E-state index in [9.17, 15) is 0 Å². The van der Waals surface area contributed by atoms with Crippen LogP contribution in [-0.4, -0.2) is 19.2 Å². The number of nitrogens with one attached hydrogen (secondary N) is 1. The van der Waals surface area contributed by atoms with E-state index in [0.717, 1.165) is 18.7 Å². The molecule has 2 aromatic rings. The summed E-state index contributed by atoms with van der Waals surface area (Å²) in [6, 6.07) is 14.8. The van der Waals surface area contributed by atoms with Crippen LogP contribution >= 0.6 is 0 Å². The summed E-state index contributed by atoms with van der Waals surface area (Å²) in [5.74, 6) is 1.01.